The molecule has 2 N–H and O–H groups in total. The molecule has 0 amide bonds. The van der Waals surface area contributed by atoms with E-state index in [2.05, 4.69) is 21.2 Å². The predicted octanol–water partition coefficient (Wildman–Crippen LogP) is 2.62. The number of rotatable bonds is 6. The molecule has 1 aliphatic rings. The quantitative estimate of drug-likeness (QED) is 0.570. The Morgan fingerprint density at radius 2 is 2.36 bits per heavy atom. The van der Waals surface area contributed by atoms with E-state index in [1.807, 2.05) is 13.8 Å². The Labute approximate surface area is 93.5 Å². The van der Waals surface area contributed by atoms with E-state index in [0.29, 0.717) is 18.2 Å². The van der Waals surface area contributed by atoms with E-state index in [9.17, 15) is 0 Å². The molecular formula is C10H17BrN2O. The molecular weight excluding hydrogens is 244 g/mol. The second kappa shape index (κ2) is 5.51. The van der Waals surface area contributed by atoms with Crippen molar-refractivity contribution in [1.29, 1.82) is 5.41 Å². The molecule has 1 rings (SSSR count). The summed E-state index contributed by atoms with van der Waals surface area (Å²) in [5, 5.41) is 10.8. The van der Waals surface area contributed by atoms with Gasteiger partial charge in [-0.2, -0.15) is 0 Å². The largest absolute Gasteiger partial charge is 0.365 e. The van der Waals surface area contributed by atoms with E-state index < -0.39 is 0 Å². The molecule has 1 saturated carbocycles. The lowest BCUT2D eigenvalue weighted by Gasteiger charge is -2.12. The smallest absolute Gasteiger partial charge is 0.124 e. The van der Waals surface area contributed by atoms with Crippen molar-refractivity contribution in [2.24, 2.45) is 5.92 Å². The second-order valence-electron chi connectivity index (χ2n) is 3.44. The molecule has 1 aliphatic carbocycles. The van der Waals surface area contributed by atoms with Crippen LogP contribution in [0.5, 0.6) is 0 Å². The maximum absolute atomic E-state index is 7.76. The molecule has 1 fully saturated rings. The van der Waals surface area contributed by atoms with Crippen molar-refractivity contribution in [3.05, 3.63) is 10.7 Å². The average molecular weight is 261 g/mol. The summed E-state index contributed by atoms with van der Waals surface area (Å²) in [4.78, 5) is 0. The Bertz CT molecular complexity index is 236. The summed E-state index contributed by atoms with van der Waals surface area (Å²) >= 11 is 3.38. The van der Waals surface area contributed by atoms with E-state index in [4.69, 9.17) is 10.1 Å². The molecule has 0 bridgehead atoms. The van der Waals surface area contributed by atoms with Gasteiger partial charge in [-0.05, 0) is 42.6 Å². The van der Waals surface area contributed by atoms with Crippen LogP contribution in [0.2, 0.25) is 0 Å². The second-order valence-corrected chi connectivity index (χ2v) is 4.30. The van der Waals surface area contributed by atoms with Crippen molar-refractivity contribution >= 4 is 21.6 Å². The number of ether oxygens (including phenoxy) is 1. The fraction of sp³-hybridized carbons (Fsp3) is 0.700. The number of hydrogen-bond donors (Lipinski definition) is 2. The normalized spacial score (nSPS) is 19.2. The minimum absolute atomic E-state index is 0.000414. The molecule has 1 atom stereocenters. The van der Waals surface area contributed by atoms with Crippen LogP contribution in [0.1, 0.15) is 26.7 Å². The first-order chi connectivity index (χ1) is 6.65. The van der Waals surface area contributed by atoms with Crippen LogP contribution >= 0.6 is 15.9 Å². The SMILES string of the molecule is CCOC(C)N/C=C(/Br)C(=N)C1CC1. The van der Waals surface area contributed by atoms with Crippen LogP contribution in [0.15, 0.2) is 10.7 Å². The van der Waals surface area contributed by atoms with Crippen molar-refractivity contribution < 1.29 is 4.74 Å². The van der Waals surface area contributed by atoms with Gasteiger partial charge < -0.3 is 15.5 Å². The fourth-order valence-electron chi connectivity index (χ4n) is 1.13. The summed E-state index contributed by atoms with van der Waals surface area (Å²) < 4.78 is 6.14. The van der Waals surface area contributed by atoms with Gasteiger partial charge in [-0.1, -0.05) is 0 Å². The number of halogens is 1. The lowest BCUT2D eigenvalue weighted by Crippen LogP contribution is -2.24. The molecule has 0 aromatic rings. The molecule has 0 aliphatic heterocycles. The van der Waals surface area contributed by atoms with E-state index in [1.165, 1.54) is 0 Å². The molecule has 14 heavy (non-hydrogen) atoms. The van der Waals surface area contributed by atoms with Crippen molar-refractivity contribution in [2.75, 3.05) is 6.61 Å². The number of nitrogens with one attached hydrogen (secondary N) is 2. The third kappa shape index (κ3) is 3.80. The summed E-state index contributed by atoms with van der Waals surface area (Å²) in [5.74, 6) is 0.477. The van der Waals surface area contributed by atoms with Crippen LogP contribution < -0.4 is 5.32 Å². The number of allylic oxidation sites excluding steroid dienone is 1. The van der Waals surface area contributed by atoms with Gasteiger partial charge in [0.05, 0.1) is 10.2 Å². The first-order valence-corrected chi connectivity index (χ1v) is 5.76. The van der Waals surface area contributed by atoms with Crippen LogP contribution in [0.4, 0.5) is 0 Å². The highest BCUT2D eigenvalue weighted by Crippen LogP contribution is 2.33. The Hall–Kier alpha value is -0.350. The monoisotopic (exact) mass is 260 g/mol. The molecule has 0 saturated heterocycles. The van der Waals surface area contributed by atoms with Crippen molar-refractivity contribution in [3.8, 4) is 0 Å². The van der Waals surface area contributed by atoms with Crippen LogP contribution in [-0.4, -0.2) is 18.5 Å². The lowest BCUT2D eigenvalue weighted by molar-refractivity contribution is 0.0620. The van der Waals surface area contributed by atoms with Gasteiger partial charge in [0.15, 0.2) is 0 Å². The first kappa shape index (κ1) is 11.7. The Kier molecular flexibility index (Phi) is 4.62. The van der Waals surface area contributed by atoms with E-state index in [1.54, 1.807) is 6.20 Å². The molecule has 0 aromatic carbocycles. The van der Waals surface area contributed by atoms with E-state index in [-0.39, 0.29) is 6.23 Å². The number of hydrogen-bond acceptors (Lipinski definition) is 3. The van der Waals surface area contributed by atoms with Gasteiger partial charge in [-0.15, -0.1) is 0 Å². The minimum atomic E-state index is -0.000414. The molecule has 0 aromatic heterocycles. The third-order valence-corrected chi connectivity index (χ3v) is 2.76. The van der Waals surface area contributed by atoms with Gasteiger partial charge >= 0.3 is 0 Å². The van der Waals surface area contributed by atoms with Crippen molar-refractivity contribution in [1.82, 2.24) is 5.32 Å². The van der Waals surface area contributed by atoms with Crippen LogP contribution in [0.3, 0.4) is 0 Å². The van der Waals surface area contributed by atoms with Gasteiger partial charge in [-0.25, -0.2) is 0 Å². The third-order valence-electron chi connectivity index (χ3n) is 2.10. The summed E-state index contributed by atoms with van der Waals surface area (Å²) in [6.07, 6.45) is 4.12. The summed E-state index contributed by atoms with van der Waals surface area (Å²) in [6, 6.07) is 0. The minimum Gasteiger partial charge on any atom is -0.365 e. The Morgan fingerprint density at radius 1 is 1.71 bits per heavy atom. The molecule has 0 heterocycles. The zero-order valence-electron chi connectivity index (χ0n) is 8.64. The molecule has 0 radical (unpaired) electrons. The van der Waals surface area contributed by atoms with Gasteiger partial charge in [0.25, 0.3) is 0 Å². The molecule has 3 nitrogen and oxygen atoms in total. The lowest BCUT2D eigenvalue weighted by atomic mass is 10.2. The Morgan fingerprint density at radius 3 is 2.86 bits per heavy atom. The zero-order valence-corrected chi connectivity index (χ0v) is 10.2. The van der Waals surface area contributed by atoms with Crippen LogP contribution in [0, 0.1) is 11.3 Å². The first-order valence-electron chi connectivity index (χ1n) is 4.97. The average Bonchev–Trinajstić information content (AvgIpc) is 2.96. The molecule has 4 heteroatoms. The zero-order chi connectivity index (χ0) is 10.6. The van der Waals surface area contributed by atoms with Gasteiger partial charge in [0, 0.05) is 18.7 Å². The van der Waals surface area contributed by atoms with Gasteiger partial charge in [0.2, 0.25) is 0 Å². The van der Waals surface area contributed by atoms with Crippen LogP contribution in [-0.2, 0) is 4.74 Å². The predicted molar refractivity (Wildman–Crippen MR) is 61.7 cm³/mol. The fourth-order valence-corrected chi connectivity index (χ4v) is 1.59. The van der Waals surface area contributed by atoms with Crippen molar-refractivity contribution in [2.45, 2.75) is 32.9 Å². The standard InChI is InChI=1S/C10H17BrN2O/c1-3-14-7(2)13-6-9(11)10(12)8-4-5-8/h6-8,12-13H,3-5H2,1-2H3/b9-6+,12-10?. The summed E-state index contributed by atoms with van der Waals surface area (Å²) in [6.45, 7) is 4.60. The summed E-state index contributed by atoms with van der Waals surface area (Å²) in [7, 11) is 0. The highest BCUT2D eigenvalue weighted by atomic mass is 79.9. The topological polar surface area (TPSA) is 45.1 Å². The van der Waals surface area contributed by atoms with E-state index >= 15 is 0 Å². The van der Waals surface area contributed by atoms with Crippen molar-refractivity contribution in [3.63, 3.8) is 0 Å². The molecule has 0 spiro atoms. The summed E-state index contributed by atoms with van der Waals surface area (Å²) in [5.41, 5.74) is 0.696. The highest BCUT2D eigenvalue weighted by Gasteiger charge is 2.27. The maximum Gasteiger partial charge on any atom is 0.124 e. The Balaban J connectivity index is 2.31. The van der Waals surface area contributed by atoms with Gasteiger partial charge in [-0.3, -0.25) is 0 Å². The highest BCUT2D eigenvalue weighted by molar-refractivity contribution is 9.12. The van der Waals surface area contributed by atoms with E-state index in [0.717, 1.165) is 17.3 Å². The molecule has 80 valence electrons. The van der Waals surface area contributed by atoms with Crippen LogP contribution in [0.25, 0.3) is 0 Å². The molecule has 1 unspecified atom stereocenters. The maximum atomic E-state index is 7.76. The van der Waals surface area contributed by atoms with Gasteiger partial charge in [0.1, 0.15) is 6.23 Å².